The third-order valence-electron chi connectivity index (χ3n) is 3.37. The second-order valence-electron chi connectivity index (χ2n) is 5.01. The van der Waals surface area contributed by atoms with Gasteiger partial charge in [0.15, 0.2) is 0 Å². The molecule has 24 heavy (non-hydrogen) atoms. The van der Waals surface area contributed by atoms with Crippen molar-refractivity contribution in [3.63, 3.8) is 0 Å². The smallest absolute Gasteiger partial charge is 0.306 e. The molecule has 0 aliphatic heterocycles. The molecule has 2 aromatic carbocycles. The molecule has 1 aromatic heterocycles. The van der Waals surface area contributed by atoms with E-state index in [0.29, 0.717) is 10.0 Å². The second kappa shape index (κ2) is 6.24. The van der Waals surface area contributed by atoms with Gasteiger partial charge in [0.1, 0.15) is 11.4 Å². The fourth-order valence-corrected chi connectivity index (χ4v) is 2.55. The molecule has 0 saturated heterocycles. The number of rotatable bonds is 2. The Hall–Kier alpha value is -2.41. The first kappa shape index (κ1) is 16.4. The van der Waals surface area contributed by atoms with Crippen molar-refractivity contribution < 1.29 is 13.2 Å². The number of aromatic nitrogens is 2. The van der Waals surface area contributed by atoms with Crippen LogP contribution in [0.25, 0.3) is 22.6 Å². The van der Waals surface area contributed by atoms with Crippen LogP contribution < -0.4 is 5.56 Å². The van der Waals surface area contributed by atoms with E-state index >= 15 is 0 Å². The van der Waals surface area contributed by atoms with Crippen LogP contribution in [0, 0.1) is 0 Å². The maximum atomic E-state index is 13.3. The Morgan fingerprint density at radius 2 is 1.54 bits per heavy atom. The Kier molecular flexibility index (Phi) is 4.28. The number of alkyl halides is 3. The fraction of sp³-hybridized carbons (Fsp3) is 0.0588. The Morgan fingerprint density at radius 3 is 2.12 bits per heavy atom. The van der Waals surface area contributed by atoms with Crippen molar-refractivity contribution in [1.82, 2.24) is 9.97 Å². The molecule has 0 aliphatic carbocycles. The lowest BCUT2D eigenvalue weighted by molar-refractivity contribution is -0.138. The van der Waals surface area contributed by atoms with Gasteiger partial charge in [0, 0.05) is 15.6 Å². The normalized spacial score (nSPS) is 11.5. The number of nitrogens with one attached hydrogen (secondary N) is 1. The molecule has 0 atom stereocenters. The molecule has 1 N–H and O–H groups in total. The largest absolute Gasteiger partial charge is 0.423 e. The summed E-state index contributed by atoms with van der Waals surface area (Å²) < 4.78 is 40.7. The van der Waals surface area contributed by atoms with Crippen LogP contribution in [0.15, 0.2) is 63.9 Å². The van der Waals surface area contributed by atoms with Gasteiger partial charge in [-0.15, -0.1) is 0 Å². The Morgan fingerprint density at radius 1 is 0.917 bits per heavy atom. The van der Waals surface area contributed by atoms with Gasteiger partial charge in [0.2, 0.25) is 0 Å². The fourth-order valence-electron chi connectivity index (χ4n) is 2.29. The summed E-state index contributed by atoms with van der Waals surface area (Å²) in [6.07, 6.45) is -4.81. The standard InChI is InChI=1S/C17H10BrF3N2O/c18-12-8-6-10(7-9-12)14-13(17(19,20)21)16(24)23-15(22-14)11-4-2-1-3-5-11/h1-9H,(H,22,23,24). The van der Waals surface area contributed by atoms with Gasteiger partial charge < -0.3 is 4.98 Å². The molecule has 0 amide bonds. The molecule has 0 spiro atoms. The first-order valence-electron chi connectivity index (χ1n) is 6.89. The highest BCUT2D eigenvalue weighted by Crippen LogP contribution is 2.34. The van der Waals surface area contributed by atoms with Crippen LogP contribution in [0.4, 0.5) is 13.2 Å². The van der Waals surface area contributed by atoms with Gasteiger partial charge in [-0.25, -0.2) is 4.98 Å². The zero-order chi connectivity index (χ0) is 17.3. The van der Waals surface area contributed by atoms with Crippen molar-refractivity contribution in [2.45, 2.75) is 6.18 Å². The van der Waals surface area contributed by atoms with Gasteiger partial charge in [-0.05, 0) is 12.1 Å². The summed E-state index contributed by atoms with van der Waals surface area (Å²) in [6.45, 7) is 0. The Bertz CT molecular complexity index is 919. The van der Waals surface area contributed by atoms with E-state index in [0.717, 1.165) is 0 Å². The number of aromatic amines is 1. The van der Waals surface area contributed by atoms with Crippen LogP contribution in [0.1, 0.15) is 5.56 Å². The summed E-state index contributed by atoms with van der Waals surface area (Å²) in [7, 11) is 0. The van der Waals surface area contributed by atoms with Gasteiger partial charge in [-0.1, -0.05) is 58.4 Å². The van der Waals surface area contributed by atoms with Crippen molar-refractivity contribution in [2.75, 3.05) is 0 Å². The van der Waals surface area contributed by atoms with Crippen LogP contribution in [0.3, 0.4) is 0 Å². The number of hydrogen-bond acceptors (Lipinski definition) is 2. The zero-order valence-electron chi connectivity index (χ0n) is 12.1. The number of benzene rings is 2. The van der Waals surface area contributed by atoms with Gasteiger partial charge in [-0.3, -0.25) is 4.79 Å². The predicted octanol–water partition coefficient (Wildman–Crippen LogP) is 4.89. The Labute approximate surface area is 143 Å². The maximum Gasteiger partial charge on any atom is 0.423 e. The molecule has 0 fully saturated rings. The monoisotopic (exact) mass is 394 g/mol. The first-order chi connectivity index (χ1) is 11.4. The molecule has 0 aliphatic rings. The number of nitrogens with zero attached hydrogens (tertiary/aromatic N) is 1. The lowest BCUT2D eigenvalue weighted by Gasteiger charge is -2.13. The molecular weight excluding hydrogens is 385 g/mol. The number of hydrogen-bond donors (Lipinski definition) is 1. The van der Waals surface area contributed by atoms with Gasteiger partial charge in [0.05, 0.1) is 5.69 Å². The summed E-state index contributed by atoms with van der Waals surface area (Å²) in [6, 6.07) is 14.7. The SMILES string of the molecule is O=c1[nH]c(-c2ccccc2)nc(-c2ccc(Br)cc2)c1C(F)(F)F. The van der Waals surface area contributed by atoms with E-state index in [1.165, 1.54) is 12.1 Å². The van der Waals surface area contributed by atoms with E-state index in [4.69, 9.17) is 0 Å². The highest BCUT2D eigenvalue weighted by Gasteiger charge is 2.38. The van der Waals surface area contributed by atoms with Crippen molar-refractivity contribution in [3.05, 3.63) is 75.0 Å². The average Bonchev–Trinajstić information content (AvgIpc) is 2.54. The molecule has 0 unspecified atom stereocenters. The van der Waals surface area contributed by atoms with Gasteiger partial charge in [0.25, 0.3) is 5.56 Å². The van der Waals surface area contributed by atoms with Crippen LogP contribution >= 0.6 is 15.9 Å². The lowest BCUT2D eigenvalue weighted by atomic mass is 10.1. The molecule has 0 bridgehead atoms. The van der Waals surface area contributed by atoms with Gasteiger partial charge in [-0.2, -0.15) is 13.2 Å². The topological polar surface area (TPSA) is 45.8 Å². The van der Waals surface area contributed by atoms with Crippen LogP contribution in [0.5, 0.6) is 0 Å². The highest BCUT2D eigenvalue weighted by molar-refractivity contribution is 9.10. The lowest BCUT2D eigenvalue weighted by Crippen LogP contribution is -2.24. The van der Waals surface area contributed by atoms with E-state index in [2.05, 4.69) is 25.9 Å². The van der Waals surface area contributed by atoms with E-state index in [1.807, 2.05) is 0 Å². The van der Waals surface area contributed by atoms with E-state index in [1.54, 1.807) is 42.5 Å². The third kappa shape index (κ3) is 3.26. The Balaban J connectivity index is 2.29. The molecule has 3 rings (SSSR count). The molecular formula is C17H10BrF3N2O. The van der Waals surface area contributed by atoms with Crippen LogP contribution in [-0.4, -0.2) is 9.97 Å². The molecule has 7 heteroatoms. The average molecular weight is 395 g/mol. The minimum Gasteiger partial charge on any atom is -0.306 e. The van der Waals surface area contributed by atoms with Crippen LogP contribution in [0.2, 0.25) is 0 Å². The quantitative estimate of drug-likeness (QED) is 0.672. The molecule has 1 heterocycles. The predicted molar refractivity (Wildman–Crippen MR) is 88.4 cm³/mol. The molecule has 0 saturated carbocycles. The first-order valence-corrected chi connectivity index (χ1v) is 7.68. The number of H-pyrrole nitrogens is 1. The van der Waals surface area contributed by atoms with Gasteiger partial charge >= 0.3 is 6.18 Å². The minimum atomic E-state index is -4.81. The van der Waals surface area contributed by atoms with Crippen molar-refractivity contribution >= 4 is 15.9 Å². The van der Waals surface area contributed by atoms with E-state index in [-0.39, 0.29) is 11.4 Å². The van der Waals surface area contributed by atoms with E-state index < -0.39 is 23.0 Å². The molecule has 3 aromatic rings. The summed E-state index contributed by atoms with van der Waals surface area (Å²) >= 11 is 3.23. The molecule has 122 valence electrons. The third-order valence-corrected chi connectivity index (χ3v) is 3.90. The number of halogens is 4. The van der Waals surface area contributed by atoms with Crippen molar-refractivity contribution in [2.24, 2.45) is 0 Å². The summed E-state index contributed by atoms with van der Waals surface area (Å²) in [5.41, 5.74) is -2.16. The summed E-state index contributed by atoms with van der Waals surface area (Å²) in [4.78, 5) is 18.4. The summed E-state index contributed by atoms with van der Waals surface area (Å²) in [5, 5.41) is 0. The summed E-state index contributed by atoms with van der Waals surface area (Å²) in [5.74, 6) is 0.0894. The minimum absolute atomic E-state index is 0.0894. The highest BCUT2D eigenvalue weighted by atomic mass is 79.9. The zero-order valence-corrected chi connectivity index (χ0v) is 13.6. The second-order valence-corrected chi connectivity index (χ2v) is 5.92. The van der Waals surface area contributed by atoms with Crippen molar-refractivity contribution in [1.29, 1.82) is 0 Å². The maximum absolute atomic E-state index is 13.3. The van der Waals surface area contributed by atoms with Crippen molar-refractivity contribution in [3.8, 4) is 22.6 Å². The van der Waals surface area contributed by atoms with E-state index in [9.17, 15) is 18.0 Å². The molecule has 0 radical (unpaired) electrons. The van der Waals surface area contributed by atoms with Crippen LogP contribution in [-0.2, 0) is 6.18 Å². The molecule has 3 nitrogen and oxygen atoms in total.